The van der Waals surface area contributed by atoms with Crippen molar-refractivity contribution < 1.29 is 9.15 Å². The summed E-state index contributed by atoms with van der Waals surface area (Å²) in [6.45, 7) is 1.91. The first-order valence-electron chi connectivity index (χ1n) is 7.70. The molecule has 0 radical (unpaired) electrons. The highest BCUT2D eigenvalue weighted by Crippen LogP contribution is 2.31. The highest BCUT2D eigenvalue weighted by atomic mass is 35.5. The molecule has 0 amide bonds. The molecule has 0 unspecified atom stereocenters. The molecule has 0 fully saturated rings. The van der Waals surface area contributed by atoms with Gasteiger partial charge in [0.15, 0.2) is 0 Å². The van der Waals surface area contributed by atoms with E-state index in [1.165, 1.54) is 0 Å². The second-order valence-corrected chi connectivity index (χ2v) is 5.98. The van der Waals surface area contributed by atoms with Gasteiger partial charge in [0.05, 0.1) is 34.5 Å². The van der Waals surface area contributed by atoms with Crippen LogP contribution in [0.2, 0.25) is 5.02 Å². The number of nitrogens with zero attached hydrogens (tertiary/aromatic N) is 3. The molecule has 0 saturated heterocycles. The number of benzene rings is 2. The van der Waals surface area contributed by atoms with Crippen molar-refractivity contribution in [1.29, 1.82) is 0 Å². The molecule has 4 rings (SSSR count). The monoisotopic (exact) mass is 351 g/mol. The normalized spacial score (nSPS) is 11.0. The summed E-state index contributed by atoms with van der Waals surface area (Å²) in [6.07, 6.45) is 0. The second-order valence-electron chi connectivity index (χ2n) is 5.57. The predicted octanol–water partition coefficient (Wildman–Crippen LogP) is 4.92. The van der Waals surface area contributed by atoms with Gasteiger partial charge in [-0.05, 0) is 37.3 Å². The van der Waals surface area contributed by atoms with Crippen molar-refractivity contribution >= 4 is 22.5 Å². The Morgan fingerprint density at radius 1 is 0.960 bits per heavy atom. The molecular formula is C19H14ClN3O2. The molecule has 25 heavy (non-hydrogen) atoms. The second kappa shape index (κ2) is 6.18. The number of pyridine rings is 1. The number of fused-ring (bicyclic) bond motifs is 1. The van der Waals surface area contributed by atoms with E-state index in [0.29, 0.717) is 22.4 Å². The summed E-state index contributed by atoms with van der Waals surface area (Å²) >= 11 is 6.20. The van der Waals surface area contributed by atoms with Gasteiger partial charge in [-0.25, -0.2) is 0 Å². The van der Waals surface area contributed by atoms with Crippen LogP contribution in [0.15, 0.2) is 52.9 Å². The average Bonchev–Trinajstić information content (AvgIpc) is 3.10. The van der Waals surface area contributed by atoms with E-state index in [4.69, 9.17) is 20.8 Å². The molecule has 0 aliphatic heterocycles. The number of halogens is 1. The Labute approximate surface area is 149 Å². The Morgan fingerprint density at radius 3 is 2.48 bits per heavy atom. The maximum absolute atomic E-state index is 6.20. The van der Waals surface area contributed by atoms with Crippen molar-refractivity contribution in [1.82, 2.24) is 15.2 Å². The minimum Gasteiger partial charge on any atom is -0.497 e. The van der Waals surface area contributed by atoms with Crippen molar-refractivity contribution in [2.75, 3.05) is 7.11 Å². The lowest BCUT2D eigenvalue weighted by Gasteiger charge is -2.06. The molecule has 5 nitrogen and oxygen atoms in total. The van der Waals surface area contributed by atoms with Gasteiger partial charge in [0.25, 0.3) is 0 Å². The van der Waals surface area contributed by atoms with Crippen molar-refractivity contribution in [3.05, 3.63) is 59.2 Å². The van der Waals surface area contributed by atoms with Gasteiger partial charge in [-0.1, -0.05) is 23.7 Å². The van der Waals surface area contributed by atoms with Crippen LogP contribution in [0.5, 0.6) is 5.75 Å². The highest BCUT2D eigenvalue weighted by molar-refractivity contribution is 6.33. The van der Waals surface area contributed by atoms with Gasteiger partial charge < -0.3 is 9.15 Å². The van der Waals surface area contributed by atoms with Gasteiger partial charge in [0.2, 0.25) is 11.8 Å². The molecule has 0 spiro atoms. The van der Waals surface area contributed by atoms with Crippen LogP contribution in [0.4, 0.5) is 0 Å². The molecule has 0 N–H and O–H groups in total. The van der Waals surface area contributed by atoms with Gasteiger partial charge >= 0.3 is 0 Å². The fraction of sp³-hybridized carbons (Fsp3) is 0.105. The van der Waals surface area contributed by atoms with Crippen LogP contribution in [0.25, 0.3) is 33.8 Å². The van der Waals surface area contributed by atoms with Crippen LogP contribution >= 0.6 is 11.6 Å². The summed E-state index contributed by atoms with van der Waals surface area (Å²) in [4.78, 5) is 4.63. The topological polar surface area (TPSA) is 61.0 Å². The third-order valence-corrected chi connectivity index (χ3v) is 4.30. The first-order valence-corrected chi connectivity index (χ1v) is 8.07. The van der Waals surface area contributed by atoms with E-state index in [1.54, 1.807) is 13.2 Å². The predicted molar refractivity (Wildman–Crippen MR) is 96.8 cm³/mol. The summed E-state index contributed by atoms with van der Waals surface area (Å²) in [5, 5.41) is 9.83. The molecule has 0 aliphatic carbocycles. The van der Waals surface area contributed by atoms with E-state index in [2.05, 4.69) is 15.2 Å². The molecule has 2 aromatic heterocycles. The van der Waals surface area contributed by atoms with Gasteiger partial charge in [0.1, 0.15) is 5.75 Å². The highest BCUT2D eigenvalue weighted by Gasteiger charge is 2.16. The lowest BCUT2D eigenvalue weighted by Crippen LogP contribution is -1.91. The first kappa shape index (κ1) is 15.6. The van der Waals surface area contributed by atoms with E-state index in [0.717, 1.165) is 27.9 Å². The molecule has 6 heteroatoms. The van der Waals surface area contributed by atoms with Crippen LogP contribution in [0.3, 0.4) is 0 Å². The Kier molecular flexibility index (Phi) is 3.86. The number of hydrogen-bond acceptors (Lipinski definition) is 5. The Morgan fingerprint density at radius 2 is 1.72 bits per heavy atom. The van der Waals surface area contributed by atoms with E-state index in [9.17, 15) is 0 Å². The fourth-order valence-corrected chi connectivity index (χ4v) is 2.88. The first-order chi connectivity index (χ1) is 12.2. The van der Waals surface area contributed by atoms with Gasteiger partial charge in [0, 0.05) is 11.5 Å². The molecule has 2 heterocycles. The van der Waals surface area contributed by atoms with Crippen molar-refractivity contribution in [3.8, 4) is 28.7 Å². The standard InChI is InChI=1S/C19H14ClN3O2/c1-11-15(9-12-7-8-13(24-2)10-17(12)21-11)19-23-22-18(25-19)14-5-3-4-6-16(14)20/h3-10H,1-2H3. The Hall–Kier alpha value is -2.92. The van der Waals surface area contributed by atoms with Crippen LogP contribution in [-0.2, 0) is 0 Å². The van der Waals surface area contributed by atoms with E-state index >= 15 is 0 Å². The Balaban J connectivity index is 1.80. The minimum absolute atomic E-state index is 0.384. The summed E-state index contributed by atoms with van der Waals surface area (Å²) in [5.74, 6) is 1.57. The van der Waals surface area contributed by atoms with E-state index in [-0.39, 0.29) is 0 Å². The summed E-state index contributed by atoms with van der Waals surface area (Å²) in [6, 6.07) is 15.1. The maximum Gasteiger partial charge on any atom is 0.250 e. The minimum atomic E-state index is 0.384. The van der Waals surface area contributed by atoms with E-state index < -0.39 is 0 Å². The summed E-state index contributed by atoms with van der Waals surface area (Å²) < 4.78 is 11.1. The number of aromatic nitrogens is 3. The zero-order chi connectivity index (χ0) is 17.4. The summed E-state index contributed by atoms with van der Waals surface area (Å²) in [5.41, 5.74) is 3.16. The summed E-state index contributed by atoms with van der Waals surface area (Å²) in [7, 11) is 1.64. The fourth-order valence-electron chi connectivity index (χ4n) is 2.66. The zero-order valence-corrected chi connectivity index (χ0v) is 14.4. The molecule has 124 valence electrons. The Bertz CT molecular complexity index is 1080. The average molecular weight is 352 g/mol. The van der Waals surface area contributed by atoms with Gasteiger partial charge in [-0.2, -0.15) is 0 Å². The van der Waals surface area contributed by atoms with Crippen LogP contribution < -0.4 is 4.74 Å². The smallest absolute Gasteiger partial charge is 0.250 e. The van der Waals surface area contributed by atoms with Crippen molar-refractivity contribution in [2.24, 2.45) is 0 Å². The van der Waals surface area contributed by atoms with Crippen LogP contribution in [0, 0.1) is 6.92 Å². The third kappa shape index (κ3) is 2.83. The maximum atomic E-state index is 6.20. The molecule has 0 aliphatic rings. The lowest BCUT2D eigenvalue weighted by atomic mass is 10.1. The van der Waals surface area contributed by atoms with Crippen LogP contribution in [-0.4, -0.2) is 22.3 Å². The lowest BCUT2D eigenvalue weighted by molar-refractivity contribution is 0.415. The molecule has 4 aromatic rings. The molecular weight excluding hydrogens is 338 g/mol. The number of ether oxygens (including phenoxy) is 1. The zero-order valence-electron chi connectivity index (χ0n) is 13.7. The molecule has 2 aromatic carbocycles. The van der Waals surface area contributed by atoms with Gasteiger partial charge in [-0.15, -0.1) is 10.2 Å². The van der Waals surface area contributed by atoms with E-state index in [1.807, 2.05) is 49.4 Å². The SMILES string of the molecule is COc1ccc2cc(-c3nnc(-c4ccccc4Cl)o3)c(C)nc2c1. The van der Waals surface area contributed by atoms with Gasteiger partial charge in [-0.3, -0.25) is 4.98 Å². The van der Waals surface area contributed by atoms with Crippen molar-refractivity contribution in [3.63, 3.8) is 0 Å². The number of hydrogen-bond donors (Lipinski definition) is 0. The number of methoxy groups -OCH3 is 1. The molecule has 0 atom stereocenters. The largest absolute Gasteiger partial charge is 0.497 e. The number of aryl methyl sites for hydroxylation is 1. The third-order valence-electron chi connectivity index (χ3n) is 3.98. The van der Waals surface area contributed by atoms with Crippen molar-refractivity contribution in [2.45, 2.75) is 6.92 Å². The quantitative estimate of drug-likeness (QED) is 0.524. The number of rotatable bonds is 3. The molecule has 0 saturated carbocycles. The van der Waals surface area contributed by atoms with Crippen LogP contribution in [0.1, 0.15) is 5.69 Å². The molecule has 0 bridgehead atoms.